The van der Waals surface area contributed by atoms with Gasteiger partial charge in [-0.3, -0.25) is 9.48 Å². The van der Waals surface area contributed by atoms with Crippen LogP contribution in [0.4, 0.5) is 5.00 Å². The monoisotopic (exact) mass is 427 g/mol. The van der Waals surface area contributed by atoms with E-state index in [4.69, 9.17) is 21.1 Å². The summed E-state index contributed by atoms with van der Waals surface area (Å²) >= 11 is 6.82. The van der Waals surface area contributed by atoms with Crippen molar-refractivity contribution >= 4 is 45.8 Å². The highest BCUT2D eigenvalue weighted by Crippen LogP contribution is 2.35. The van der Waals surface area contributed by atoms with E-state index < -0.39 is 23.9 Å². The number of ether oxygens (including phenoxy) is 2. The lowest BCUT2D eigenvalue weighted by molar-refractivity contribution is -0.119. The number of aromatic nitrogens is 2. The molecule has 8 nitrogen and oxygen atoms in total. The van der Waals surface area contributed by atoms with E-state index in [1.165, 1.54) is 17.1 Å². The Balaban J connectivity index is 2.37. The minimum atomic E-state index is -0.685. The summed E-state index contributed by atoms with van der Waals surface area (Å²) in [5.41, 5.74) is 0.542. The molecule has 0 bridgehead atoms. The molecule has 2 rings (SSSR count). The first-order valence-electron chi connectivity index (χ1n) is 8.67. The van der Waals surface area contributed by atoms with Gasteiger partial charge in [0.25, 0.3) is 0 Å². The van der Waals surface area contributed by atoms with Crippen LogP contribution in [0.5, 0.6) is 0 Å². The van der Waals surface area contributed by atoms with Gasteiger partial charge in [-0.1, -0.05) is 11.6 Å². The third kappa shape index (κ3) is 4.90. The molecule has 28 heavy (non-hydrogen) atoms. The Labute approximate surface area is 171 Å². The van der Waals surface area contributed by atoms with Crippen molar-refractivity contribution in [3.05, 3.63) is 33.4 Å². The lowest BCUT2D eigenvalue weighted by atomic mass is 10.1. The summed E-state index contributed by atoms with van der Waals surface area (Å²) < 4.78 is 11.7. The van der Waals surface area contributed by atoms with Crippen molar-refractivity contribution < 1.29 is 23.9 Å². The summed E-state index contributed by atoms with van der Waals surface area (Å²) in [5, 5.41) is 7.33. The number of nitrogens with one attached hydrogen (secondary N) is 1. The first-order valence-corrected chi connectivity index (χ1v) is 9.87. The van der Waals surface area contributed by atoms with Crippen molar-refractivity contribution in [1.82, 2.24) is 9.78 Å². The summed E-state index contributed by atoms with van der Waals surface area (Å²) in [5.74, 6) is -1.60. The highest BCUT2D eigenvalue weighted by Gasteiger charge is 2.29. The van der Waals surface area contributed by atoms with Crippen LogP contribution in [0.2, 0.25) is 5.02 Å². The van der Waals surface area contributed by atoms with Gasteiger partial charge in [0, 0.05) is 6.20 Å². The zero-order valence-corrected chi connectivity index (χ0v) is 17.8. The molecule has 1 unspecified atom stereocenters. The van der Waals surface area contributed by atoms with E-state index in [2.05, 4.69) is 10.4 Å². The molecular formula is C18H22ClN3O5S. The Morgan fingerprint density at radius 3 is 2.50 bits per heavy atom. The molecule has 1 amide bonds. The summed E-state index contributed by atoms with van der Waals surface area (Å²) in [6.07, 6.45) is 2.58. The van der Waals surface area contributed by atoms with Crippen LogP contribution < -0.4 is 5.32 Å². The maximum atomic E-state index is 12.7. The molecule has 0 fully saturated rings. The number of esters is 2. The number of halogens is 1. The van der Waals surface area contributed by atoms with Crippen molar-refractivity contribution in [1.29, 1.82) is 0 Å². The highest BCUT2D eigenvalue weighted by atomic mass is 35.5. The molecule has 1 N–H and O–H groups in total. The minimum Gasteiger partial charge on any atom is -0.462 e. The SMILES string of the molecule is CCOC(=O)c1sc(NC(=O)C(C)n2cc(Cl)cn2)c(C(=O)OC(C)C)c1C. The average molecular weight is 428 g/mol. The van der Waals surface area contributed by atoms with Gasteiger partial charge in [0.05, 0.1) is 29.5 Å². The molecule has 2 aromatic heterocycles. The molecule has 0 saturated carbocycles. The smallest absolute Gasteiger partial charge is 0.348 e. The van der Waals surface area contributed by atoms with Crippen LogP contribution in [0.3, 0.4) is 0 Å². The Hall–Kier alpha value is -2.39. The van der Waals surface area contributed by atoms with E-state index in [1.54, 1.807) is 34.6 Å². The van der Waals surface area contributed by atoms with Gasteiger partial charge < -0.3 is 14.8 Å². The zero-order chi connectivity index (χ0) is 21.0. The Kier molecular flexibility index (Phi) is 7.20. The van der Waals surface area contributed by atoms with Gasteiger partial charge in [0.15, 0.2) is 0 Å². The summed E-state index contributed by atoms with van der Waals surface area (Å²) in [7, 11) is 0. The van der Waals surface area contributed by atoms with Crippen LogP contribution in [0.15, 0.2) is 12.4 Å². The lowest BCUT2D eigenvalue weighted by Gasteiger charge is -2.13. The number of hydrogen-bond acceptors (Lipinski definition) is 7. The average Bonchev–Trinajstić information content (AvgIpc) is 3.17. The van der Waals surface area contributed by atoms with Gasteiger partial charge in [-0.25, -0.2) is 9.59 Å². The van der Waals surface area contributed by atoms with Gasteiger partial charge in [0.2, 0.25) is 5.91 Å². The number of rotatable bonds is 7. The Bertz CT molecular complexity index is 890. The van der Waals surface area contributed by atoms with Crippen molar-refractivity contribution in [2.75, 3.05) is 11.9 Å². The van der Waals surface area contributed by atoms with E-state index in [-0.39, 0.29) is 28.2 Å². The molecule has 10 heteroatoms. The second kappa shape index (κ2) is 9.20. The molecule has 152 valence electrons. The fourth-order valence-corrected chi connectivity index (χ4v) is 3.61. The molecule has 2 heterocycles. The number of carbonyl (C=O) groups excluding carboxylic acids is 3. The van der Waals surface area contributed by atoms with Gasteiger partial charge in [-0.05, 0) is 40.2 Å². The molecular weight excluding hydrogens is 406 g/mol. The molecule has 1 atom stereocenters. The maximum absolute atomic E-state index is 12.7. The molecule has 0 spiro atoms. The minimum absolute atomic E-state index is 0.140. The quantitative estimate of drug-likeness (QED) is 0.673. The van der Waals surface area contributed by atoms with E-state index >= 15 is 0 Å². The number of carbonyl (C=O) groups is 3. The summed E-state index contributed by atoms with van der Waals surface area (Å²) in [4.78, 5) is 37.7. The third-order valence-corrected chi connectivity index (χ3v) is 5.12. The van der Waals surface area contributed by atoms with Crippen LogP contribution >= 0.6 is 22.9 Å². The van der Waals surface area contributed by atoms with Gasteiger partial charge in [-0.15, -0.1) is 11.3 Å². The van der Waals surface area contributed by atoms with Crippen molar-refractivity contribution in [2.24, 2.45) is 0 Å². The van der Waals surface area contributed by atoms with Crippen molar-refractivity contribution in [2.45, 2.75) is 46.8 Å². The van der Waals surface area contributed by atoms with E-state index in [0.29, 0.717) is 10.6 Å². The number of thiophene rings is 1. The number of amides is 1. The van der Waals surface area contributed by atoms with Crippen LogP contribution in [-0.4, -0.2) is 40.3 Å². The van der Waals surface area contributed by atoms with Crippen LogP contribution in [-0.2, 0) is 14.3 Å². The Morgan fingerprint density at radius 2 is 1.96 bits per heavy atom. The second-order valence-electron chi connectivity index (χ2n) is 6.24. The number of hydrogen-bond donors (Lipinski definition) is 1. The van der Waals surface area contributed by atoms with Gasteiger partial charge in [-0.2, -0.15) is 5.10 Å². The largest absolute Gasteiger partial charge is 0.462 e. The van der Waals surface area contributed by atoms with Crippen LogP contribution in [0.1, 0.15) is 59.3 Å². The highest BCUT2D eigenvalue weighted by molar-refractivity contribution is 7.18. The Morgan fingerprint density at radius 1 is 1.29 bits per heavy atom. The van der Waals surface area contributed by atoms with Crippen LogP contribution in [0.25, 0.3) is 0 Å². The van der Waals surface area contributed by atoms with E-state index in [0.717, 1.165) is 11.3 Å². The predicted molar refractivity (Wildman–Crippen MR) is 106 cm³/mol. The van der Waals surface area contributed by atoms with Crippen molar-refractivity contribution in [3.8, 4) is 0 Å². The van der Waals surface area contributed by atoms with Gasteiger partial charge in [0.1, 0.15) is 15.9 Å². The molecule has 0 radical (unpaired) electrons. The number of nitrogens with zero attached hydrogens (tertiary/aromatic N) is 2. The topological polar surface area (TPSA) is 99.5 Å². The first-order chi connectivity index (χ1) is 13.1. The summed E-state index contributed by atoms with van der Waals surface area (Å²) in [6, 6.07) is -0.685. The van der Waals surface area contributed by atoms with E-state index in [9.17, 15) is 14.4 Å². The van der Waals surface area contributed by atoms with Gasteiger partial charge >= 0.3 is 11.9 Å². The predicted octanol–water partition coefficient (Wildman–Crippen LogP) is 3.85. The molecule has 0 aliphatic heterocycles. The second-order valence-corrected chi connectivity index (χ2v) is 7.70. The molecule has 0 saturated heterocycles. The zero-order valence-electron chi connectivity index (χ0n) is 16.2. The molecule has 0 aliphatic rings. The molecule has 2 aromatic rings. The molecule has 0 aromatic carbocycles. The maximum Gasteiger partial charge on any atom is 0.348 e. The fraction of sp³-hybridized carbons (Fsp3) is 0.444. The standard InChI is InChI=1S/C18H22ClN3O5S/c1-6-26-18(25)14-10(4)13(17(24)27-9(2)3)16(28-14)21-15(23)11(5)22-8-12(19)7-20-22/h7-9,11H,6H2,1-5H3,(H,21,23). The van der Waals surface area contributed by atoms with E-state index in [1.807, 2.05) is 0 Å². The molecule has 0 aliphatic carbocycles. The lowest BCUT2D eigenvalue weighted by Crippen LogP contribution is -2.24. The normalized spacial score (nSPS) is 12.0. The first kappa shape index (κ1) is 21.9. The summed E-state index contributed by atoms with van der Waals surface area (Å²) in [6.45, 7) is 8.57. The fourth-order valence-electron chi connectivity index (χ4n) is 2.37. The van der Waals surface area contributed by atoms with Crippen molar-refractivity contribution in [3.63, 3.8) is 0 Å². The third-order valence-electron chi connectivity index (χ3n) is 3.74. The van der Waals surface area contributed by atoms with Crippen LogP contribution in [0, 0.1) is 6.92 Å². The number of anilines is 1.